The summed E-state index contributed by atoms with van der Waals surface area (Å²) in [6.07, 6.45) is 0.00625. The molecular weight excluding hydrogens is 325 g/mol. The Hall–Kier alpha value is -1.34. The van der Waals surface area contributed by atoms with E-state index in [1.165, 1.54) is 10.9 Å². The number of hydrogen-bond donors (Lipinski definition) is 1. The molecule has 1 unspecified atom stereocenters. The third-order valence-corrected chi connectivity index (χ3v) is 3.34. The van der Waals surface area contributed by atoms with Crippen molar-refractivity contribution in [2.45, 2.75) is 19.6 Å². The highest BCUT2D eigenvalue weighted by Gasteiger charge is 2.23. The first-order valence-electron chi connectivity index (χ1n) is 5.49. The summed E-state index contributed by atoms with van der Waals surface area (Å²) in [5.41, 5.74) is -0.0535. The van der Waals surface area contributed by atoms with Gasteiger partial charge in [0.25, 0.3) is 0 Å². The van der Waals surface area contributed by atoms with Crippen LogP contribution in [-0.4, -0.2) is 14.9 Å². The quantitative estimate of drug-likeness (QED) is 0.875. The molecule has 1 heterocycles. The van der Waals surface area contributed by atoms with E-state index in [4.69, 9.17) is 0 Å². The van der Waals surface area contributed by atoms with E-state index >= 15 is 0 Å². The first-order chi connectivity index (χ1) is 8.95. The zero-order valence-corrected chi connectivity index (χ0v) is 11.5. The molecule has 0 aliphatic carbocycles. The highest BCUT2D eigenvalue weighted by atomic mass is 79.9. The summed E-state index contributed by atoms with van der Waals surface area (Å²) in [7, 11) is 0. The topological polar surface area (TPSA) is 38.0 Å². The third kappa shape index (κ3) is 2.52. The Bertz CT molecular complexity index is 615. The van der Waals surface area contributed by atoms with Crippen LogP contribution in [0.15, 0.2) is 22.8 Å². The standard InChI is InChI=1S/C12H10BrF3N2O/c1-2-18-11(7(13)5-17-18)12(19)6-3-9(15)10(16)4-8(6)14/h3-5,12,19H,2H2,1H3. The zero-order valence-electron chi connectivity index (χ0n) is 9.87. The lowest BCUT2D eigenvalue weighted by Crippen LogP contribution is -2.11. The molecule has 0 aliphatic rings. The first-order valence-corrected chi connectivity index (χ1v) is 6.28. The van der Waals surface area contributed by atoms with Crippen molar-refractivity contribution in [2.75, 3.05) is 0 Å². The number of benzene rings is 1. The van der Waals surface area contributed by atoms with Crippen LogP contribution in [0.25, 0.3) is 0 Å². The number of halogens is 4. The second kappa shape index (κ2) is 5.34. The van der Waals surface area contributed by atoms with E-state index in [1.54, 1.807) is 6.92 Å². The third-order valence-electron chi connectivity index (χ3n) is 2.73. The van der Waals surface area contributed by atoms with Gasteiger partial charge in [0.2, 0.25) is 0 Å². The number of nitrogens with zero attached hydrogens (tertiary/aromatic N) is 2. The molecule has 0 radical (unpaired) electrons. The number of aromatic nitrogens is 2. The maximum absolute atomic E-state index is 13.6. The van der Waals surface area contributed by atoms with Crippen LogP contribution >= 0.6 is 15.9 Å². The average molecular weight is 335 g/mol. The summed E-state index contributed by atoms with van der Waals surface area (Å²) in [6, 6.07) is 1.06. The van der Waals surface area contributed by atoms with E-state index in [-0.39, 0.29) is 11.3 Å². The average Bonchev–Trinajstić information content (AvgIpc) is 2.74. The predicted octanol–water partition coefficient (Wildman–Crippen LogP) is 3.16. The molecule has 2 aromatic rings. The summed E-state index contributed by atoms with van der Waals surface area (Å²) in [4.78, 5) is 0. The van der Waals surface area contributed by atoms with Crippen molar-refractivity contribution < 1.29 is 18.3 Å². The Morgan fingerprint density at radius 1 is 1.26 bits per heavy atom. The van der Waals surface area contributed by atoms with Crippen LogP contribution in [0.3, 0.4) is 0 Å². The van der Waals surface area contributed by atoms with Crippen LogP contribution in [0.2, 0.25) is 0 Å². The zero-order chi connectivity index (χ0) is 14.2. The summed E-state index contributed by atoms with van der Waals surface area (Å²) in [5, 5.41) is 14.1. The van der Waals surface area contributed by atoms with E-state index in [2.05, 4.69) is 21.0 Å². The summed E-state index contributed by atoms with van der Waals surface area (Å²) in [6.45, 7) is 2.24. The lowest BCUT2D eigenvalue weighted by Gasteiger charge is -2.14. The minimum absolute atomic E-state index is 0.285. The molecule has 1 aromatic carbocycles. The van der Waals surface area contributed by atoms with Crippen LogP contribution in [0.4, 0.5) is 13.2 Å². The smallest absolute Gasteiger partial charge is 0.161 e. The van der Waals surface area contributed by atoms with Gasteiger partial charge in [-0.1, -0.05) is 0 Å². The molecule has 1 N–H and O–H groups in total. The second-order valence-electron chi connectivity index (χ2n) is 3.88. The van der Waals surface area contributed by atoms with E-state index in [1.807, 2.05) is 0 Å². The number of aryl methyl sites for hydroxylation is 1. The van der Waals surface area contributed by atoms with Gasteiger partial charge in [-0.2, -0.15) is 5.10 Å². The Morgan fingerprint density at radius 3 is 2.53 bits per heavy atom. The molecule has 0 spiro atoms. The van der Waals surface area contributed by atoms with Gasteiger partial charge in [-0.25, -0.2) is 13.2 Å². The van der Waals surface area contributed by atoms with Crippen molar-refractivity contribution in [2.24, 2.45) is 0 Å². The molecule has 1 atom stereocenters. The number of aliphatic hydroxyl groups is 1. The summed E-state index contributed by atoms with van der Waals surface area (Å²) >= 11 is 3.18. The fourth-order valence-corrected chi connectivity index (χ4v) is 2.30. The molecule has 19 heavy (non-hydrogen) atoms. The van der Waals surface area contributed by atoms with Crippen molar-refractivity contribution >= 4 is 15.9 Å². The van der Waals surface area contributed by atoms with Gasteiger partial charge < -0.3 is 5.11 Å². The lowest BCUT2D eigenvalue weighted by atomic mass is 10.1. The minimum atomic E-state index is -1.44. The first kappa shape index (κ1) is 14.1. The highest BCUT2D eigenvalue weighted by Crippen LogP contribution is 2.30. The maximum atomic E-state index is 13.6. The van der Waals surface area contributed by atoms with Crippen molar-refractivity contribution in [3.8, 4) is 0 Å². The van der Waals surface area contributed by atoms with Crippen LogP contribution in [0.1, 0.15) is 24.3 Å². The van der Waals surface area contributed by atoms with Gasteiger partial charge in [-0.3, -0.25) is 4.68 Å². The predicted molar refractivity (Wildman–Crippen MR) is 66.0 cm³/mol. The largest absolute Gasteiger partial charge is 0.382 e. The highest BCUT2D eigenvalue weighted by molar-refractivity contribution is 9.10. The molecule has 1 aromatic heterocycles. The normalized spacial score (nSPS) is 12.7. The molecule has 3 nitrogen and oxygen atoms in total. The Balaban J connectivity index is 2.52. The van der Waals surface area contributed by atoms with Gasteiger partial charge in [0.15, 0.2) is 11.6 Å². The van der Waals surface area contributed by atoms with E-state index in [9.17, 15) is 18.3 Å². The SMILES string of the molecule is CCn1ncc(Br)c1C(O)c1cc(F)c(F)cc1F. The Morgan fingerprint density at radius 2 is 1.89 bits per heavy atom. The van der Waals surface area contributed by atoms with Crippen molar-refractivity contribution in [3.05, 3.63) is 51.5 Å². The number of aliphatic hydroxyl groups excluding tert-OH is 1. The van der Waals surface area contributed by atoms with Crippen molar-refractivity contribution in [3.63, 3.8) is 0 Å². The second-order valence-corrected chi connectivity index (χ2v) is 4.74. The van der Waals surface area contributed by atoms with E-state index in [0.717, 1.165) is 0 Å². The summed E-state index contributed by atoms with van der Waals surface area (Å²) in [5.74, 6) is -3.52. The van der Waals surface area contributed by atoms with Crippen molar-refractivity contribution in [1.82, 2.24) is 9.78 Å². The molecule has 0 bridgehead atoms. The van der Waals surface area contributed by atoms with Gasteiger partial charge in [-0.05, 0) is 28.9 Å². The van der Waals surface area contributed by atoms with E-state index < -0.39 is 23.6 Å². The van der Waals surface area contributed by atoms with Crippen LogP contribution in [0, 0.1) is 17.5 Å². The monoisotopic (exact) mass is 334 g/mol. The van der Waals surface area contributed by atoms with E-state index in [0.29, 0.717) is 23.2 Å². The van der Waals surface area contributed by atoms with Crippen LogP contribution in [-0.2, 0) is 6.54 Å². The van der Waals surface area contributed by atoms with Gasteiger partial charge in [0.05, 0.1) is 16.4 Å². The maximum Gasteiger partial charge on any atom is 0.161 e. The van der Waals surface area contributed by atoms with Gasteiger partial charge >= 0.3 is 0 Å². The van der Waals surface area contributed by atoms with Crippen LogP contribution < -0.4 is 0 Å². The molecule has 0 aliphatic heterocycles. The van der Waals surface area contributed by atoms with Gasteiger partial charge in [0, 0.05) is 18.2 Å². The number of rotatable bonds is 3. The fraction of sp³-hybridized carbons (Fsp3) is 0.250. The lowest BCUT2D eigenvalue weighted by molar-refractivity contribution is 0.201. The minimum Gasteiger partial charge on any atom is -0.382 e. The summed E-state index contributed by atoms with van der Waals surface area (Å²) < 4.78 is 41.6. The Kier molecular flexibility index (Phi) is 3.96. The van der Waals surface area contributed by atoms with Gasteiger partial charge in [0.1, 0.15) is 11.9 Å². The molecule has 0 saturated heterocycles. The molecule has 0 fully saturated rings. The fourth-order valence-electron chi connectivity index (χ4n) is 1.79. The molecule has 0 saturated carbocycles. The molecule has 7 heteroatoms. The molecule has 102 valence electrons. The molecular formula is C12H10BrF3N2O. The van der Waals surface area contributed by atoms with Crippen molar-refractivity contribution in [1.29, 1.82) is 0 Å². The number of hydrogen-bond acceptors (Lipinski definition) is 2. The molecule has 0 amide bonds. The van der Waals surface area contributed by atoms with Crippen LogP contribution in [0.5, 0.6) is 0 Å². The van der Waals surface area contributed by atoms with Gasteiger partial charge in [-0.15, -0.1) is 0 Å². The molecule has 2 rings (SSSR count). The Labute approximate surface area is 115 Å².